The highest BCUT2D eigenvalue weighted by atomic mass is 19.4. The van der Waals surface area contributed by atoms with Gasteiger partial charge < -0.3 is 20.9 Å². The first-order valence-corrected chi connectivity index (χ1v) is 17.3. The average Bonchev–Trinajstić information content (AvgIpc) is 3.50. The van der Waals surface area contributed by atoms with Gasteiger partial charge in [0.2, 0.25) is 11.8 Å². The third-order valence-electron chi connectivity index (χ3n) is 10.3. The van der Waals surface area contributed by atoms with Crippen molar-refractivity contribution in [2.75, 3.05) is 18.4 Å². The van der Waals surface area contributed by atoms with Crippen LogP contribution in [0.4, 0.5) is 23.8 Å². The molecule has 1 saturated carbocycles. The number of Topliss-reactive ketones (excluding diaryl/α,β-unsaturated/α-hetero) is 1. The number of benzene rings is 1. The summed E-state index contributed by atoms with van der Waals surface area (Å²) in [5.41, 5.74) is 1.78. The summed E-state index contributed by atoms with van der Waals surface area (Å²) in [5, 5.41) is 13.5. The molecule has 1 saturated heterocycles. The molecule has 13 nitrogen and oxygen atoms in total. The largest absolute Gasteiger partial charge is 0.433 e. The summed E-state index contributed by atoms with van der Waals surface area (Å²) >= 11 is 0. The Hall–Kier alpha value is -5.41. The maximum atomic E-state index is 14.4. The molecular formula is C36H38F3N9O4. The molecule has 2 bridgehead atoms. The van der Waals surface area contributed by atoms with Crippen molar-refractivity contribution in [3.63, 3.8) is 0 Å². The molecule has 0 unspecified atom stereocenters. The number of pyridine rings is 1. The Balaban J connectivity index is 1.28. The zero-order chi connectivity index (χ0) is 36.9. The number of ketones is 1. The topological polar surface area (TPSA) is 164 Å². The molecule has 4 aromatic rings. The number of aryl methyl sites for hydroxylation is 3. The lowest BCUT2D eigenvalue weighted by Crippen LogP contribution is -2.47. The number of halogens is 3. The number of nitrogens with one attached hydrogen (secondary N) is 3. The van der Waals surface area contributed by atoms with Gasteiger partial charge in [0.15, 0.2) is 5.78 Å². The third-order valence-corrected chi connectivity index (χ3v) is 10.3. The standard InChI is InChI=1S/C36H38F3N9O4/c1-19-8-9-27(36(37,38)39)44-32(19)45-33(51)26-13-35-14-28(35)48(26)29(50)17-47-31-22(7-5-4-6-10-40-34(52)43-18-35)11-23(24-15-41-21(3)42-16-24)12-25(31)30(46-47)20(2)49/h8-9,11-12,15-16,26,28H,4-7,10,13-14,17-18H2,1-3H3,(H2,40,43,52)(H,44,45,51)/t26-,28+,35-/m0/s1. The van der Waals surface area contributed by atoms with Gasteiger partial charge in [0.1, 0.15) is 35.6 Å². The normalized spacial score (nSPS) is 22.3. The van der Waals surface area contributed by atoms with Gasteiger partial charge in [0.25, 0.3) is 0 Å². The molecule has 1 aromatic carbocycles. The number of carbonyl (C=O) groups is 4. The van der Waals surface area contributed by atoms with E-state index in [1.807, 2.05) is 12.1 Å². The maximum Gasteiger partial charge on any atom is 0.433 e. The van der Waals surface area contributed by atoms with Gasteiger partial charge in [0.05, 0.1) is 5.52 Å². The van der Waals surface area contributed by atoms with E-state index in [-0.39, 0.29) is 42.8 Å². The smallest absolute Gasteiger partial charge is 0.338 e. The molecule has 0 spiro atoms. The van der Waals surface area contributed by atoms with Gasteiger partial charge in [-0.25, -0.2) is 19.7 Å². The zero-order valence-electron chi connectivity index (χ0n) is 28.9. The Kier molecular flexibility index (Phi) is 8.95. The summed E-state index contributed by atoms with van der Waals surface area (Å²) in [7, 11) is 0. The fourth-order valence-corrected chi connectivity index (χ4v) is 7.51. The zero-order valence-corrected chi connectivity index (χ0v) is 28.9. The average molecular weight is 718 g/mol. The molecule has 272 valence electrons. The van der Waals surface area contributed by atoms with Crippen LogP contribution in [0.15, 0.2) is 36.7 Å². The van der Waals surface area contributed by atoms with Crippen LogP contribution in [0.3, 0.4) is 0 Å². The van der Waals surface area contributed by atoms with E-state index in [0.29, 0.717) is 41.7 Å². The molecule has 52 heavy (non-hydrogen) atoms. The molecular weight excluding hydrogens is 679 g/mol. The summed E-state index contributed by atoms with van der Waals surface area (Å²) in [4.78, 5) is 67.8. The first-order valence-electron chi connectivity index (χ1n) is 17.3. The lowest BCUT2D eigenvalue weighted by molar-refractivity contribution is -0.141. The van der Waals surface area contributed by atoms with Crippen molar-refractivity contribution in [3.05, 3.63) is 65.0 Å². The number of aromatic nitrogens is 5. The monoisotopic (exact) mass is 717 g/mol. The molecule has 1 aliphatic carbocycles. The van der Waals surface area contributed by atoms with Crippen LogP contribution < -0.4 is 16.0 Å². The highest BCUT2D eigenvalue weighted by Gasteiger charge is 2.67. The minimum Gasteiger partial charge on any atom is -0.338 e. The Morgan fingerprint density at radius 2 is 1.77 bits per heavy atom. The van der Waals surface area contributed by atoms with E-state index in [1.165, 1.54) is 29.5 Å². The highest BCUT2D eigenvalue weighted by Crippen LogP contribution is 2.59. The fraction of sp³-hybridized carbons (Fsp3) is 0.444. The number of anilines is 1. The minimum absolute atomic E-state index is 0.180. The van der Waals surface area contributed by atoms with Crippen molar-refractivity contribution in [2.45, 2.75) is 84.1 Å². The quantitative estimate of drug-likeness (QED) is 0.255. The van der Waals surface area contributed by atoms with E-state index < -0.39 is 41.2 Å². The Bertz CT molecular complexity index is 2100. The van der Waals surface area contributed by atoms with Crippen LogP contribution in [0.5, 0.6) is 0 Å². The third kappa shape index (κ3) is 6.68. The first-order chi connectivity index (χ1) is 24.7. The second-order valence-electron chi connectivity index (χ2n) is 14.0. The predicted octanol–water partition coefficient (Wildman–Crippen LogP) is 4.75. The van der Waals surface area contributed by atoms with E-state index in [9.17, 15) is 32.3 Å². The molecule has 16 heteroatoms. The summed E-state index contributed by atoms with van der Waals surface area (Å²) in [5.74, 6) is -1.06. The summed E-state index contributed by atoms with van der Waals surface area (Å²) < 4.78 is 42.0. The molecule has 3 atom stereocenters. The van der Waals surface area contributed by atoms with Crippen LogP contribution in [0.25, 0.3) is 22.0 Å². The van der Waals surface area contributed by atoms with E-state index in [2.05, 4.69) is 36.0 Å². The number of carbonyl (C=O) groups excluding carboxylic acids is 4. The van der Waals surface area contributed by atoms with Crippen molar-refractivity contribution in [1.82, 2.24) is 40.3 Å². The lowest BCUT2D eigenvalue weighted by Gasteiger charge is -2.27. The number of alkyl halides is 3. The molecule has 5 heterocycles. The lowest BCUT2D eigenvalue weighted by atomic mass is 9.97. The van der Waals surface area contributed by atoms with Crippen molar-refractivity contribution in [2.24, 2.45) is 5.41 Å². The molecule has 7 rings (SSSR count). The maximum absolute atomic E-state index is 14.4. The van der Waals surface area contributed by atoms with Gasteiger partial charge in [-0.15, -0.1) is 0 Å². The predicted molar refractivity (Wildman–Crippen MR) is 183 cm³/mol. The first kappa shape index (κ1) is 35.0. The van der Waals surface area contributed by atoms with Crippen LogP contribution in [-0.4, -0.2) is 78.4 Å². The molecule has 3 N–H and O–H groups in total. The number of rotatable bonds is 4. The van der Waals surface area contributed by atoms with Gasteiger partial charge in [-0.05, 0) is 80.8 Å². The van der Waals surface area contributed by atoms with Crippen LogP contribution in [0.2, 0.25) is 0 Å². The van der Waals surface area contributed by atoms with Crippen LogP contribution in [0, 0.1) is 19.3 Å². The van der Waals surface area contributed by atoms with E-state index in [4.69, 9.17) is 0 Å². The number of urea groups is 1. The minimum atomic E-state index is -4.72. The second-order valence-corrected chi connectivity index (χ2v) is 14.0. The van der Waals surface area contributed by atoms with Crippen molar-refractivity contribution in [3.8, 4) is 11.1 Å². The summed E-state index contributed by atoms with van der Waals surface area (Å²) in [6.07, 6.45) is 2.28. The highest BCUT2D eigenvalue weighted by molar-refractivity contribution is 6.07. The number of amides is 4. The molecule has 0 radical (unpaired) electrons. The van der Waals surface area contributed by atoms with Crippen molar-refractivity contribution in [1.29, 1.82) is 0 Å². The van der Waals surface area contributed by atoms with Gasteiger partial charge >= 0.3 is 12.2 Å². The number of hydrogen-bond donors (Lipinski definition) is 3. The molecule has 2 fully saturated rings. The number of hydrogen-bond acceptors (Lipinski definition) is 8. The molecule has 2 aliphatic heterocycles. The Labute approximate surface area is 296 Å². The number of piperidine rings is 1. The molecule has 3 aromatic heterocycles. The Morgan fingerprint density at radius 1 is 1.00 bits per heavy atom. The van der Waals surface area contributed by atoms with Crippen LogP contribution >= 0.6 is 0 Å². The van der Waals surface area contributed by atoms with Gasteiger partial charge in [-0.1, -0.05) is 12.5 Å². The van der Waals surface area contributed by atoms with E-state index in [1.54, 1.807) is 19.3 Å². The van der Waals surface area contributed by atoms with Crippen molar-refractivity contribution >= 4 is 40.3 Å². The van der Waals surface area contributed by atoms with Crippen molar-refractivity contribution < 1.29 is 32.3 Å². The van der Waals surface area contributed by atoms with E-state index >= 15 is 0 Å². The summed E-state index contributed by atoms with van der Waals surface area (Å²) in [6.45, 7) is 5.08. The molecule has 4 amide bonds. The summed E-state index contributed by atoms with van der Waals surface area (Å²) in [6, 6.07) is 4.08. The second kappa shape index (κ2) is 13.3. The van der Waals surface area contributed by atoms with Gasteiger partial charge in [-0.2, -0.15) is 18.3 Å². The van der Waals surface area contributed by atoms with Crippen LogP contribution in [-0.2, 0) is 28.7 Å². The van der Waals surface area contributed by atoms with Gasteiger partial charge in [0, 0.05) is 54.8 Å². The van der Waals surface area contributed by atoms with Crippen LogP contribution in [0.1, 0.15) is 72.2 Å². The number of nitrogens with zero attached hydrogens (tertiary/aromatic N) is 6. The SMILES string of the molecule is CC(=O)c1nn2c3c(cc(-c4cnc(C)nc4)cc13)CCCCCNC(=O)NC[C@@]13C[C@@H](C(=O)Nc4nc(C(F)(F)F)ccc4C)N(C(=O)C2)[C@@H]1C3. The van der Waals surface area contributed by atoms with E-state index in [0.717, 1.165) is 42.0 Å². The fourth-order valence-electron chi connectivity index (χ4n) is 7.51. The Morgan fingerprint density at radius 3 is 2.50 bits per heavy atom. The van der Waals surface area contributed by atoms with Gasteiger partial charge in [-0.3, -0.25) is 19.1 Å². The molecule has 3 aliphatic rings.